The number of nitrogens with zero attached hydrogens (tertiary/aromatic N) is 3. The highest BCUT2D eigenvalue weighted by Crippen LogP contribution is 2.13. The molecule has 0 spiro atoms. The number of aromatic amines is 1. The van der Waals surface area contributed by atoms with Crippen LogP contribution in [0.3, 0.4) is 0 Å². The zero-order valence-corrected chi connectivity index (χ0v) is 25.8. The number of carbonyl (C=O) groups excluding carboxylic acids is 3. The van der Waals surface area contributed by atoms with E-state index in [2.05, 4.69) is 41.2 Å². The highest BCUT2D eigenvalue weighted by molar-refractivity contribution is 7.98. The van der Waals surface area contributed by atoms with E-state index >= 15 is 0 Å². The van der Waals surface area contributed by atoms with E-state index in [0.717, 1.165) is 0 Å². The molecular formula is C28H38N10O6S. The Morgan fingerprint density at radius 3 is 2.44 bits per heavy atom. The maximum absolute atomic E-state index is 12.8. The molecule has 2 aromatic heterocycles. The van der Waals surface area contributed by atoms with Crippen LogP contribution in [-0.4, -0.2) is 85.4 Å². The molecule has 242 valence electrons. The summed E-state index contributed by atoms with van der Waals surface area (Å²) in [4.78, 5) is 76.7. The van der Waals surface area contributed by atoms with Gasteiger partial charge < -0.3 is 37.8 Å². The van der Waals surface area contributed by atoms with E-state index < -0.39 is 35.4 Å². The number of benzene rings is 1. The molecule has 0 aliphatic rings. The first-order valence-electron chi connectivity index (χ1n) is 14.2. The number of carbonyl (C=O) groups is 4. The van der Waals surface area contributed by atoms with E-state index in [9.17, 15) is 29.1 Å². The number of thioether (sulfide) groups is 1. The highest BCUT2D eigenvalue weighted by Gasteiger charge is 2.25. The number of nitrogens with one attached hydrogen (secondary N) is 5. The van der Waals surface area contributed by atoms with Crippen LogP contribution >= 0.6 is 11.8 Å². The number of anilines is 2. The smallest absolute Gasteiger partial charge is 0.326 e. The lowest BCUT2D eigenvalue weighted by Gasteiger charge is -2.21. The van der Waals surface area contributed by atoms with E-state index in [1.807, 2.05) is 13.2 Å². The van der Waals surface area contributed by atoms with Crippen molar-refractivity contribution in [2.45, 2.75) is 57.3 Å². The van der Waals surface area contributed by atoms with Gasteiger partial charge in [0.25, 0.3) is 11.5 Å². The largest absolute Gasteiger partial charge is 0.480 e. The summed E-state index contributed by atoms with van der Waals surface area (Å²) in [5.74, 6) is -2.13. The summed E-state index contributed by atoms with van der Waals surface area (Å²) >= 11 is 1.58. The predicted octanol–water partition coefficient (Wildman–Crippen LogP) is -0.0380. The Labute approximate surface area is 262 Å². The standard InChI is InChI=1S/C28H38N10O6S/c1-15(14-45-2)33-25(41)19(4-3-11-29)35-21(39)10-9-20(27(43)44)36-24(40)16-5-7-17(8-6-16)31-12-18-13-32-23-22(34-18)26(42)38-28(30)37-23/h5-8,13,15,19-20,31H,3-4,9-12,14,29H2,1-2H3,(H,33,41)(H,35,39)(H,36,40)(H,43,44)(H3,30,32,37,38,42)/t15-,19?,20+/m1/s1. The summed E-state index contributed by atoms with van der Waals surface area (Å²) in [6.07, 6.45) is 3.83. The number of aromatic nitrogens is 4. The molecule has 0 saturated heterocycles. The Bertz CT molecular complexity index is 1550. The van der Waals surface area contributed by atoms with Gasteiger partial charge >= 0.3 is 5.97 Å². The lowest BCUT2D eigenvalue weighted by molar-refractivity contribution is -0.139. The molecule has 0 aliphatic heterocycles. The number of fused-ring (bicyclic) bond motifs is 1. The molecule has 10 N–H and O–H groups in total. The molecule has 16 nitrogen and oxygen atoms in total. The van der Waals surface area contributed by atoms with Gasteiger partial charge in [0.1, 0.15) is 12.1 Å². The van der Waals surface area contributed by atoms with Gasteiger partial charge in [0, 0.05) is 29.5 Å². The molecule has 3 atom stereocenters. The molecule has 2 heterocycles. The molecule has 3 amide bonds. The average molecular weight is 643 g/mol. The molecule has 0 radical (unpaired) electrons. The average Bonchev–Trinajstić information content (AvgIpc) is 3.00. The Hall–Kier alpha value is -4.77. The van der Waals surface area contributed by atoms with Gasteiger partial charge in [-0.1, -0.05) is 0 Å². The molecule has 0 saturated carbocycles. The number of nitrogens with two attached hydrogens (primary N) is 2. The zero-order chi connectivity index (χ0) is 32.9. The number of hydrogen-bond donors (Lipinski definition) is 8. The normalized spacial score (nSPS) is 13.0. The Kier molecular flexibility index (Phi) is 13.0. The fourth-order valence-corrected chi connectivity index (χ4v) is 4.84. The summed E-state index contributed by atoms with van der Waals surface area (Å²) in [6, 6.07) is 4.02. The highest BCUT2D eigenvalue weighted by atomic mass is 32.2. The topological polar surface area (TPSA) is 260 Å². The molecule has 17 heteroatoms. The number of nitrogen functional groups attached to an aromatic ring is 1. The number of aliphatic carboxylic acids is 1. The van der Waals surface area contributed by atoms with Crippen molar-refractivity contribution in [3.8, 4) is 0 Å². The predicted molar refractivity (Wildman–Crippen MR) is 170 cm³/mol. The molecule has 45 heavy (non-hydrogen) atoms. The van der Waals surface area contributed by atoms with Crippen molar-refractivity contribution in [3.63, 3.8) is 0 Å². The molecule has 0 aliphatic carbocycles. The van der Waals surface area contributed by atoms with Gasteiger partial charge in [-0.05, 0) is 63.3 Å². The fraction of sp³-hybridized carbons (Fsp3) is 0.429. The number of hydrogen-bond acceptors (Lipinski definition) is 12. The Morgan fingerprint density at radius 1 is 1.04 bits per heavy atom. The van der Waals surface area contributed by atoms with E-state index in [0.29, 0.717) is 36.5 Å². The SMILES string of the molecule is CSC[C@@H](C)NC(=O)C(CCCN)NC(=O)CC[C@H](NC(=O)c1ccc(NCc2cnc3nc(N)[nH]c(=O)c3n2)cc1)C(=O)O. The molecule has 0 bridgehead atoms. The summed E-state index contributed by atoms with van der Waals surface area (Å²) in [5.41, 5.74) is 12.1. The zero-order valence-electron chi connectivity index (χ0n) is 25.0. The second-order valence-corrected chi connectivity index (χ2v) is 11.1. The summed E-state index contributed by atoms with van der Waals surface area (Å²) in [6.45, 7) is 2.42. The second-order valence-electron chi connectivity index (χ2n) is 10.2. The van der Waals surface area contributed by atoms with Crippen molar-refractivity contribution >= 4 is 58.3 Å². The number of carboxylic acid groups (broad SMARTS) is 1. The third-order valence-corrected chi connectivity index (χ3v) is 7.36. The fourth-order valence-electron chi connectivity index (χ4n) is 4.26. The van der Waals surface area contributed by atoms with Crippen molar-refractivity contribution in [1.82, 2.24) is 35.9 Å². The van der Waals surface area contributed by atoms with Crippen LogP contribution in [0.2, 0.25) is 0 Å². The van der Waals surface area contributed by atoms with Crippen LogP contribution < -0.4 is 38.3 Å². The summed E-state index contributed by atoms with van der Waals surface area (Å²) in [7, 11) is 0. The maximum Gasteiger partial charge on any atom is 0.326 e. The van der Waals surface area contributed by atoms with Crippen LogP contribution in [-0.2, 0) is 20.9 Å². The summed E-state index contributed by atoms with van der Waals surface area (Å²) in [5, 5.41) is 20.7. The van der Waals surface area contributed by atoms with Crippen LogP contribution in [0.5, 0.6) is 0 Å². The van der Waals surface area contributed by atoms with Crippen molar-refractivity contribution in [1.29, 1.82) is 0 Å². The van der Waals surface area contributed by atoms with Gasteiger partial charge in [0.15, 0.2) is 11.2 Å². The Balaban J connectivity index is 1.53. The molecule has 1 unspecified atom stereocenters. The molecular weight excluding hydrogens is 604 g/mol. The minimum Gasteiger partial charge on any atom is -0.480 e. The minimum atomic E-state index is -1.33. The number of rotatable bonds is 17. The van der Waals surface area contributed by atoms with Gasteiger partial charge in [-0.3, -0.25) is 24.2 Å². The van der Waals surface area contributed by atoms with Crippen LogP contribution in [0.1, 0.15) is 48.7 Å². The maximum atomic E-state index is 12.8. The number of amides is 3. The minimum absolute atomic E-state index is 0.0502. The van der Waals surface area contributed by atoms with Crippen molar-refractivity contribution < 1.29 is 24.3 Å². The lowest BCUT2D eigenvalue weighted by Crippen LogP contribution is -2.50. The van der Waals surface area contributed by atoms with Crippen molar-refractivity contribution in [2.75, 3.05) is 29.6 Å². The first-order valence-corrected chi connectivity index (χ1v) is 15.6. The van der Waals surface area contributed by atoms with E-state index in [-0.39, 0.29) is 54.0 Å². The first-order chi connectivity index (χ1) is 21.5. The van der Waals surface area contributed by atoms with E-state index in [4.69, 9.17) is 11.5 Å². The monoisotopic (exact) mass is 642 g/mol. The second kappa shape index (κ2) is 16.9. The van der Waals surface area contributed by atoms with Gasteiger partial charge in [-0.25, -0.2) is 14.8 Å². The molecule has 1 aromatic carbocycles. The lowest BCUT2D eigenvalue weighted by atomic mass is 10.1. The van der Waals surface area contributed by atoms with E-state index in [1.54, 1.807) is 23.9 Å². The quantitative estimate of drug-likeness (QED) is 0.0962. The van der Waals surface area contributed by atoms with Crippen molar-refractivity contribution in [3.05, 3.63) is 52.1 Å². The van der Waals surface area contributed by atoms with Crippen LogP contribution in [0.25, 0.3) is 11.2 Å². The van der Waals surface area contributed by atoms with Crippen LogP contribution in [0, 0.1) is 0 Å². The van der Waals surface area contributed by atoms with Crippen LogP contribution in [0.4, 0.5) is 11.6 Å². The van der Waals surface area contributed by atoms with Gasteiger partial charge in [-0.2, -0.15) is 16.7 Å². The Morgan fingerprint density at radius 2 is 1.78 bits per heavy atom. The molecule has 0 fully saturated rings. The summed E-state index contributed by atoms with van der Waals surface area (Å²) < 4.78 is 0. The number of H-pyrrole nitrogens is 1. The van der Waals surface area contributed by atoms with Gasteiger partial charge in [0.05, 0.1) is 18.4 Å². The third kappa shape index (κ3) is 10.7. The van der Waals surface area contributed by atoms with Gasteiger partial charge in [0.2, 0.25) is 17.8 Å². The number of carboxylic acids is 1. The third-order valence-electron chi connectivity index (χ3n) is 6.52. The molecule has 3 rings (SSSR count). The van der Waals surface area contributed by atoms with E-state index in [1.165, 1.54) is 18.3 Å². The van der Waals surface area contributed by atoms with Gasteiger partial charge in [-0.15, -0.1) is 0 Å². The molecule has 3 aromatic rings. The first kappa shape index (κ1) is 34.7. The van der Waals surface area contributed by atoms with Crippen LogP contribution in [0.15, 0.2) is 35.3 Å². The van der Waals surface area contributed by atoms with Crippen molar-refractivity contribution in [2.24, 2.45) is 5.73 Å².